The molecule has 1 aliphatic carbocycles. The maximum absolute atomic E-state index is 3.64. The summed E-state index contributed by atoms with van der Waals surface area (Å²) >= 11 is 0. The first-order chi connectivity index (χ1) is 13.3. The molecule has 6 rings (SSSR count). The van der Waals surface area contributed by atoms with Crippen molar-refractivity contribution >= 4 is 49.6 Å². The Bertz CT molecular complexity index is 1350. The number of fused-ring (bicyclic) bond motifs is 8. The Kier molecular flexibility index (Phi) is 3.61. The molecule has 0 amide bonds. The average Bonchev–Trinajstić information content (AvgIpc) is 3.24. The van der Waals surface area contributed by atoms with Crippen molar-refractivity contribution in [2.75, 3.05) is 0 Å². The summed E-state index contributed by atoms with van der Waals surface area (Å²) < 4.78 is 2.37. The van der Waals surface area contributed by atoms with E-state index in [1.165, 1.54) is 54.7 Å². The number of nitrogens with one attached hydrogen (secondary N) is 1. The van der Waals surface area contributed by atoms with Gasteiger partial charge >= 0.3 is 0 Å². The first-order valence-electron chi connectivity index (χ1n) is 9.92. The summed E-state index contributed by atoms with van der Waals surface area (Å²) in [6.07, 6.45) is 6.88. The molecule has 27 heavy (non-hydrogen) atoms. The van der Waals surface area contributed by atoms with Crippen LogP contribution in [0.5, 0.6) is 0 Å². The Balaban J connectivity index is 0.000000777. The largest absolute Gasteiger partial charge is 0.354 e. The molecule has 0 saturated carbocycles. The van der Waals surface area contributed by atoms with Gasteiger partial charge in [-0.05, 0) is 41.8 Å². The smallest absolute Gasteiger partial charge is 0.0507 e. The summed E-state index contributed by atoms with van der Waals surface area (Å²) in [7, 11) is 2.20. The van der Waals surface area contributed by atoms with Crippen LogP contribution in [-0.4, -0.2) is 9.55 Å². The summed E-state index contributed by atoms with van der Waals surface area (Å²) in [5, 5.41) is 6.66. The van der Waals surface area contributed by atoms with E-state index in [4.69, 9.17) is 0 Å². The van der Waals surface area contributed by atoms with Crippen LogP contribution in [0.25, 0.3) is 49.6 Å². The molecule has 0 bridgehead atoms. The molecule has 0 spiro atoms. The monoisotopic (exact) mass is 352 g/mol. The maximum Gasteiger partial charge on any atom is 0.0507 e. The second-order valence-electron chi connectivity index (χ2n) is 7.11. The van der Waals surface area contributed by atoms with Crippen molar-refractivity contribution < 1.29 is 0 Å². The van der Waals surface area contributed by atoms with Gasteiger partial charge in [0.15, 0.2) is 0 Å². The van der Waals surface area contributed by atoms with Crippen molar-refractivity contribution in [1.82, 2.24) is 9.55 Å². The van der Waals surface area contributed by atoms with Gasteiger partial charge in [-0.15, -0.1) is 0 Å². The molecule has 0 saturated heterocycles. The number of hydrogen-bond donors (Lipinski definition) is 1. The minimum absolute atomic E-state index is 1.13. The van der Waals surface area contributed by atoms with Gasteiger partial charge in [0.25, 0.3) is 0 Å². The number of aromatic amines is 1. The van der Waals surface area contributed by atoms with E-state index in [2.05, 4.69) is 77.3 Å². The minimum atomic E-state index is 1.13. The number of aryl methyl sites for hydroxylation is 1. The molecule has 0 atom stereocenters. The van der Waals surface area contributed by atoms with E-state index in [0.717, 1.165) is 12.8 Å². The zero-order valence-corrected chi connectivity index (χ0v) is 16.1. The lowest BCUT2D eigenvalue weighted by molar-refractivity contribution is 0.824. The van der Waals surface area contributed by atoms with Gasteiger partial charge in [0.05, 0.1) is 5.52 Å². The molecule has 0 radical (unpaired) electrons. The molecular formula is C25H24N2. The molecule has 0 unspecified atom stereocenters. The van der Waals surface area contributed by atoms with E-state index >= 15 is 0 Å². The molecule has 2 aromatic heterocycles. The quantitative estimate of drug-likeness (QED) is 0.311. The fraction of sp³-hybridized carbons (Fsp3) is 0.200. The lowest BCUT2D eigenvalue weighted by atomic mass is 10.00. The molecule has 0 fully saturated rings. The number of benzene rings is 3. The van der Waals surface area contributed by atoms with Gasteiger partial charge in [-0.25, -0.2) is 0 Å². The van der Waals surface area contributed by atoms with Crippen molar-refractivity contribution in [1.29, 1.82) is 0 Å². The molecule has 1 aliphatic rings. The molecule has 3 aromatic carbocycles. The van der Waals surface area contributed by atoms with Crippen LogP contribution in [0.2, 0.25) is 0 Å². The van der Waals surface area contributed by atoms with Crippen molar-refractivity contribution in [2.24, 2.45) is 7.05 Å². The highest BCUT2D eigenvalue weighted by Gasteiger charge is 2.17. The standard InChI is InChI=1S/C23H18N2.C2H6/c1-25-21-9-5-4-8-16(21)17-12-18-20(13-22(17)25)24-19-11-10-14-6-2-3-7-15(14)23(18)19;1-2/h2-4,6-8,10-13,24H,5,9H2,1H3;1-2H3. The van der Waals surface area contributed by atoms with Crippen LogP contribution >= 0.6 is 0 Å². The van der Waals surface area contributed by atoms with Crippen LogP contribution in [0.3, 0.4) is 0 Å². The molecule has 1 N–H and O–H groups in total. The third-order valence-corrected chi connectivity index (χ3v) is 5.80. The topological polar surface area (TPSA) is 20.7 Å². The summed E-state index contributed by atoms with van der Waals surface area (Å²) in [4.78, 5) is 3.64. The predicted octanol–water partition coefficient (Wildman–Crippen LogP) is 6.95. The van der Waals surface area contributed by atoms with E-state index < -0.39 is 0 Å². The Morgan fingerprint density at radius 1 is 0.889 bits per heavy atom. The van der Waals surface area contributed by atoms with Gasteiger partial charge in [-0.3, -0.25) is 0 Å². The molecular weight excluding hydrogens is 328 g/mol. The van der Waals surface area contributed by atoms with E-state index in [1.54, 1.807) is 0 Å². The Labute approximate surface area is 159 Å². The van der Waals surface area contributed by atoms with E-state index in [9.17, 15) is 0 Å². The summed E-state index contributed by atoms with van der Waals surface area (Å²) in [6.45, 7) is 4.00. The Morgan fingerprint density at radius 2 is 1.74 bits per heavy atom. The normalized spacial score (nSPS) is 13.3. The minimum Gasteiger partial charge on any atom is -0.354 e. The van der Waals surface area contributed by atoms with Crippen LogP contribution in [0, 0.1) is 0 Å². The zero-order chi connectivity index (χ0) is 18.5. The third kappa shape index (κ3) is 2.19. The van der Waals surface area contributed by atoms with Gasteiger partial charge < -0.3 is 9.55 Å². The van der Waals surface area contributed by atoms with Gasteiger partial charge in [0.1, 0.15) is 0 Å². The molecule has 134 valence electrons. The van der Waals surface area contributed by atoms with Crippen LogP contribution in [0.1, 0.15) is 31.5 Å². The Hall–Kier alpha value is -3.00. The number of allylic oxidation sites excluding steroid dienone is 1. The summed E-state index contributed by atoms with van der Waals surface area (Å²) in [6, 6.07) is 17.8. The average molecular weight is 352 g/mol. The number of rotatable bonds is 0. The van der Waals surface area contributed by atoms with Crippen molar-refractivity contribution in [2.45, 2.75) is 26.7 Å². The molecule has 2 heteroatoms. The van der Waals surface area contributed by atoms with Crippen molar-refractivity contribution in [3.63, 3.8) is 0 Å². The molecule has 5 aromatic rings. The van der Waals surface area contributed by atoms with Crippen molar-refractivity contribution in [3.8, 4) is 0 Å². The van der Waals surface area contributed by atoms with Gasteiger partial charge in [-0.2, -0.15) is 0 Å². The Morgan fingerprint density at radius 3 is 2.63 bits per heavy atom. The van der Waals surface area contributed by atoms with E-state index in [-0.39, 0.29) is 0 Å². The highest BCUT2D eigenvalue weighted by molar-refractivity contribution is 6.22. The molecule has 2 nitrogen and oxygen atoms in total. The number of nitrogens with zero attached hydrogens (tertiary/aromatic N) is 1. The fourth-order valence-electron chi connectivity index (χ4n) is 4.59. The SMILES string of the molecule is CC.Cn1c2c(c3cc4c(cc31)[nH]c1ccc3ccccc3c14)C=CCC2. The number of H-pyrrole nitrogens is 1. The highest BCUT2D eigenvalue weighted by Crippen LogP contribution is 2.38. The van der Waals surface area contributed by atoms with E-state index in [0.29, 0.717) is 0 Å². The van der Waals surface area contributed by atoms with Gasteiger partial charge in [0.2, 0.25) is 0 Å². The van der Waals surface area contributed by atoms with Gasteiger partial charge in [0, 0.05) is 45.5 Å². The highest BCUT2D eigenvalue weighted by atomic mass is 15.0. The summed E-state index contributed by atoms with van der Waals surface area (Å²) in [5.41, 5.74) is 6.62. The number of aromatic nitrogens is 2. The maximum atomic E-state index is 3.64. The lowest BCUT2D eigenvalue weighted by Crippen LogP contribution is -1.99. The molecule has 0 aliphatic heterocycles. The molecule has 2 heterocycles. The first-order valence-corrected chi connectivity index (χ1v) is 9.92. The lowest BCUT2D eigenvalue weighted by Gasteiger charge is -2.07. The van der Waals surface area contributed by atoms with Gasteiger partial charge in [-0.1, -0.05) is 56.3 Å². The predicted molar refractivity (Wildman–Crippen MR) is 118 cm³/mol. The second-order valence-corrected chi connectivity index (χ2v) is 7.11. The van der Waals surface area contributed by atoms with Crippen LogP contribution in [0.4, 0.5) is 0 Å². The third-order valence-electron chi connectivity index (χ3n) is 5.80. The van der Waals surface area contributed by atoms with Crippen molar-refractivity contribution in [3.05, 3.63) is 65.9 Å². The fourth-order valence-corrected chi connectivity index (χ4v) is 4.59. The van der Waals surface area contributed by atoms with Crippen LogP contribution in [0.15, 0.2) is 54.6 Å². The van der Waals surface area contributed by atoms with Crippen LogP contribution < -0.4 is 0 Å². The number of hydrogen-bond acceptors (Lipinski definition) is 0. The first kappa shape index (κ1) is 16.2. The second kappa shape index (κ2) is 6.02. The zero-order valence-electron chi connectivity index (χ0n) is 16.1. The summed E-state index contributed by atoms with van der Waals surface area (Å²) in [5.74, 6) is 0. The van der Waals surface area contributed by atoms with E-state index in [1.807, 2.05) is 13.8 Å². The van der Waals surface area contributed by atoms with Crippen LogP contribution in [-0.2, 0) is 13.5 Å².